The van der Waals surface area contributed by atoms with Crippen molar-refractivity contribution in [3.63, 3.8) is 0 Å². The molecule has 0 aliphatic carbocycles. The first-order valence-electron chi connectivity index (χ1n) is 9.70. The van der Waals surface area contributed by atoms with Gasteiger partial charge in [-0.25, -0.2) is 4.98 Å². The van der Waals surface area contributed by atoms with Gasteiger partial charge in [-0.05, 0) is 50.0 Å². The van der Waals surface area contributed by atoms with Crippen molar-refractivity contribution >= 4 is 27.5 Å². The number of aliphatic hydroxyl groups is 1. The van der Waals surface area contributed by atoms with Gasteiger partial charge in [-0.15, -0.1) is 11.3 Å². The molecule has 1 aromatic heterocycles. The number of likely N-dealkylation sites (tertiary alicyclic amines) is 2. The molecule has 2 fully saturated rings. The van der Waals surface area contributed by atoms with E-state index in [4.69, 9.17) is 0 Å². The highest BCUT2D eigenvalue weighted by atomic mass is 32.1. The molecule has 3 heterocycles. The minimum absolute atomic E-state index is 0.0807. The molecule has 1 N–H and O–H groups in total. The zero-order chi connectivity index (χ0) is 17.9. The molecule has 0 bridgehead atoms. The lowest BCUT2D eigenvalue weighted by Gasteiger charge is -2.26. The van der Waals surface area contributed by atoms with Gasteiger partial charge in [-0.2, -0.15) is 0 Å². The predicted octanol–water partition coefficient (Wildman–Crippen LogP) is 2.85. The molecule has 2 atom stereocenters. The average Bonchev–Trinajstić information content (AvgIpc) is 3.21. The van der Waals surface area contributed by atoms with Crippen LogP contribution >= 0.6 is 11.3 Å². The maximum atomic E-state index is 13.0. The quantitative estimate of drug-likeness (QED) is 0.895. The van der Waals surface area contributed by atoms with E-state index < -0.39 is 0 Å². The maximum absolute atomic E-state index is 13.0. The molecule has 4 rings (SSSR count). The summed E-state index contributed by atoms with van der Waals surface area (Å²) in [5.74, 6) is 0.639. The maximum Gasteiger partial charge on any atom is 0.253 e. The monoisotopic (exact) mass is 373 g/mol. The lowest BCUT2D eigenvalue weighted by atomic mass is 9.96. The van der Waals surface area contributed by atoms with E-state index in [2.05, 4.69) is 9.88 Å². The van der Waals surface area contributed by atoms with Gasteiger partial charge in [0.15, 0.2) is 0 Å². The molecule has 1 aromatic carbocycles. The molecule has 2 aliphatic rings. The highest BCUT2D eigenvalue weighted by Crippen LogP contribution is 2.27. The van der Waals surface area contributed by atoms with Crippen LogP contribution in [0.1, 0.15) is 36.0 Å². The van der Waals surface area contributed by atoms with E-state index in [0.717, 1.165) is 42.0 Å². The van der Waals surface area contributed by atoms with Crippen LogP contribution in [0, 0.1) is 11.8 Å². The van der Waals surface area contributed by atoms with Crippen LogP contribution < -0.4 is 0 Å². The van der Waals surface area contributed by atoms with E-state index in [9.17, 15) is 9.90 Å². The number of aromatic nitrogens is 1. The van der Waals surface area contributed by atoms with Crippen molar-refractivity contribution in [3.05, 3.63) is 29.3 Å². The molecule has 2 saturated heterocycles. The zero-order valence-electron chi connectivity index (χ0n) is 15.1. The summed E-state index contributed by atoms with van der Waals surface area (Å²) >= 11 is 1.56. The highest BCUT2D eigenvalue weighted by molar-refractivity contribution is 7.16. The lowest BCUT2D eigenvalue weighted by molar-refractivity contribution is 0.0779. The van der Waals surface area contributed by atoms with Crippen LogP contribution in [0.5, 0.6) is 0 Å². The molecule has 26 heavy (non-hydrogen) atoms. The van der Waals surface area contributed by atoms with Crippen molar-refractivity contribution in [2.45, 2.75) is 25.7 Å². The number of nitrogens with zero attached hydrogens (tertiary/aromatic N) is 3. The fourth-order valence-corrected chi connectivity index (χ4v) is 5.06. The first-order valence-corrected chi connectivity index (χ1v) is 10.6. The highest BCUT2D eigenvalue weighted by Gasteiger charge is 2.36. The number of rotatable bonds is 4. The second-order valence-electron chi connectivity index (χ2n) is 7.66. The SMILES string of the molecule is O=C(c1ccc2ncsc2c1)N1C[C@@H](CN2CCCCCC2)[C@@H](CO)C1. The van der Waals surface area contributed by atoms with Crippen molar-refractivity contribution in [2.24, 2.45) is 11.8 Å². The summed E-state index contributed by atoms with van der Waals surface area (Å²) in [5.41, 5.74) is 3.49. The Morgan fingerprint density at radius 2 is 1.92 bits per heavy atom. The fourth-order valence-electron chi connectivity index (χ4n) is 4.34. The number of hydrogen-bond donors (Lipinski definition) is 1. The number of carbonyl (C=O) groups is 1. The molecule has 1 amide bonds. The first-order chi connectivity index (χ1) is 12.7. The molecule has 140 valence electrons. The Morgan fingerprint density at radius 1 is 1.15 bits per heavy atom. The van der Waals surface area contributed by atoms with Gasteiger partial charge in [0.25, 0.3) is 5.91 Å². The second kappa shape index (κ2) is 8.03. The van der Waals surface area contributed by atoms with Crippen LogP contribution in [0.4, 0.5) is 0 Å². The smallest absolute Gasteiger partial charge is 0.253 e. The molecular weight excluding hydrogens is 346 g/mol. The largest absolute Gasteiger partial charge is 0.396 e. The van der Waals surface area contributed by atoms with Gasteiger partial charge < -0.3 is 14.9 Å². The number of thiazole rings is 1. The van der Waals surface area contributed by atoms with Gasteiger partial charge in [0.1, 0.15) is 0 Å². The van der Waals surface area contributed by atoms with Crippen LogP contribution in [0.3, 0.4) is 0 Å². The van der Waals surface area contributed by atoms with Gasteiger partial charge in [0.2, 0.25) is 0 Å². The number of aliphatic hydroxyl groups excluding tert-OH is 1. The van der Waals surface area contributed by atoms with Gasteiger partial charge in [-0.3, -0.25) is 4.79 Å². The van der Waals surface area contributed by atoms with Crippen molar-refractivity contribution in [2.75, 3.05) is 39.3 Å². The van der Waals surface area contributed by atoms with Gasteiger partial charge >= 0.3 is 0 Å². The normalized spacial score (nSPS) is 24.9. The van der Waals surface area contributed by atoms with E-state index in [0.29, 0.717) is 12.5 Å². The third-order valence-electron chi connectivity index (χ3n) is 5.87. The molecule has 0 saturated carbocycles. The Balaban J connectivity index is 1.44. The summed E-state index contributed by atoms with van der Waals surface area (Å²) in [6.07, 6.45) is 5.20. The predicted molar refractivity (Wildman–Crippen MR) is 104 cm³/mol. The molecular formula is C20H27N3O2S. The Kier molecular flexibility index (Phi) is 5.52. The topological polar surface area (TPSA) is 56.7 Å². The third kappa shape index (κ3) is 3.77. The summed E-state index contributed by atoms with van der Waals surface area (Å²) < 4.78 is 1.05. The van der Waals surface area contributed by atoms with E-state index >= 15 is 0 Å². The number of benzene rings is 1. The molecule has 2 aliphatic heterocycles. The summed E-state index contributed by atoms with van der Waals surface area (Å²) in [7, 11) is 0. The van der Waals surface area contributed by atoms with Crippen LogP contribution in [0.15, 0.2) is 23.7 Å². The lowest BCUT2D eigenvalue weighted by Crippen LogP contribution is -2.35. The standard InChI is InChI=1S/C20H27N3O2S/c24-13-17-12-23(11-16(17)10-22-7-3-1-2-4-8-22)20(25)15-5-6-18-19(9-15)26-14-21-18/h5-6,9,14,16-17,24H,1-4,7-8,10-13H2/t16-,17-/m1/s1. The molecule has 0 spiro atoms. The molecule has 2 aromatic rings. The number of amides is 1. The second-order valence-corrected chi connectivity index (χ2v) is 8.55. The van der Waals surface area contributed by atoms with Crippen molar-refractivity contribution < 1.29 is 9.90 Å². The first kappa shape index (κ1) is 17.9. The van der Waals surface area contributed by atoms with Gasteiger partial charge in [-0.1, -0.05) is 12.8 Å². The van der Waals surface area contributed by atoms with E-state index in [1.165, 1.54) is 25.7 Å². The van der Waals surface area contributed by atoms with E-state index in [-0.39, 0.29) is 18.4 Å². The van der Waals surface area contributed by atoms with Crippen LogP contribution in [-0.4, -0.2) is 65.1 Å². The summed E-state index contributed by atoms with van der Waals surface area (Å²) in [6.45, 7) is 4.89. The fraction of sp³-hybridized carbons (Fsp3) is 0.600. The zero-order valence-corrected chi connectivity index (χ0v) is 16.0. The van der Waals surface area contributed by atoms with Gasteiger partial charge in [0.05, 0.1) is 15.7 Å². The third-order valence-corrected chi connectivity index (χ3v) is 6.66. The van der Waals surface area contributed by atoms with Crippen LogP contribution in [-0.2, 0) is 0 Å². The molecule has 5 nitrogen and oxygen atoms in total. The van der Waals surface area contributed by atoms with Gasteiger partial charge in [0, 0.05) is 37.7 Å². The summed E-state index contributed by atoms with van der Waals surface area (Å²) in [5, 5.41) is 9.84. The minimum atomic E-state index is 0.0807. The molecule has 0 unspecified atom stereocenters. The number of fused-ring (bicyclic) bond motifs is 1. The average molecular weight is 374 g/mol. The van der Waals surface area contributed by atoms with E-state index in [1.54, 1.807) is 11.3 Å². The Bertz CT molecular complexity index is 754. The number of hydrogen-bond acceptors (Lipinski definition) is 5. The number of carbonyl (C=O) groups excluding carboxylic acids is 1. The van der Waals surface area contributed by atoms with Crippen molar-refractivity contribution in [1.29, 1.82) is 0 Å². The van der Waals surface area contributed by atoms with Crippen LogP contribution in [0.2, 0.25) is 0 Å². The Hall–Kier alpha value is -1.50. The minimum Gasteiger partial charge on any atom is -0.396 e. The van der Waals surface area contributed by atoms with E-state index in [1.807, 2.05) is 28.6 Å². The summed E-state index contributed by atoms with van der Waals surface area (Å²) in [6, 6.07) is 5.75. The van der Waals surface area contributed by atoms with Crippen molar-refractivity contribution in [1.82, 2.24) is 14.8 Å². The Labute approximate surface area is 158 Å². The summed E-state index contributed by atoms with van der Waals surface area (Å²) in [4.78, 5) is 21.7. The molecule has 0 radical (unpaired) electrons. The molecule has 6 heteroatoms. The van der Waals surface area contributed by atoms with Crippen molar-refractivity contribution in [3.8, 4) is 0 Å². The Morgan fingerprint density at radius 3 is 2.69 bits per heavy atom. The van der Waals surface area contributed by atoms with Crippen LogP contribution in [0.25, 0.3) is 10.2 Å².